The quantitative estimate of drug-likeness (QED) is 0.189. The number of nitrogens with one attached hydrogen (secondary N) is 1. The second-order valence-electron chi connectivity index (χ2n) is 5.68. The first-order chi connectivity index (χ1) is 12.7. The van der Waals surface area contributed by atoms with Crippen molar-refractivity contribution in [2.75, 3.05) is 11.5 Å². The van der Waals surface area contributed by atoms with Crippen molar-refractivity contribution in [1.82, 2.24) is 5.32 Å². The van der Waals surface area contributed by atoms with Crippen molar-refractivity contribution in [3.05, 3.63) is 40.9 Å². The average Bonchev–Trinajstić information content (AvgIpc) is 2.64. The number of hydrogen-bond acceptors (Lipinski definition) is 8. The predicted octanol–water partition coefficient (Wildman–Crippen LogP) is -1.30. The minimum Gasteiger partial charge on any atom is -0.394 e. The third kappa shape index (κ3) is 4.68. The van der Waals surface area contributed by atoms with E-state index in [0.717, 1.165) is 11.0 Å². The second-order valence-corrected chi connectivity index (χ2v) is 6.50. The van der Waals surface area contributed by atoms with Gasteiger partial charge in [0.15, 0.2) is 5.11 Å². The highest BCUT2D eigenvalue weighted by atomic mass is 35.5. The maximum Gasteiger partial charge on any atom is 0.269 e. The van der Waals surface area contributed by atoms with Crippen LogP contribution in [0.1, 0.15) is 1.43 Å². The van der Waals surface area contributed by atoms with Crippen molar-refractivity contribution in [2.24, 2.45) is 0 Å². The van der Waals surface area contributed by atoms with E-state index >= 15 is 0 Å². The Balaban J connectivity index is 0.00000392. The summed E-state index contributed by atoms with van der Waals surface area (Å²) in [6.45, 7) is -0.862. The summed E-state index contributed by atoms with van der Waals surface area (Å²) in [5.41, 5.74) is -0.220. The van der Waals surface area contributed by atoms with Crippen LogP contribution in [0.4, 0.5) is 5.69 Å². The van der Waals surface area contributed by atoms with Crippen molar-refractivity contribution >= 4 is 46.4 Å². The van der Waals surface area contributed by atoms with Gasteiger partial charge in [-0.2, -0.15) is 0 Å². The van der Waals surface area contributed by atoms with Gasteiger partial charge in [-0.25, -0.2) is 0 Å². The third-order valence-electron chi connectivity index (χ3n) is 3.81. The van der Waals surface area contributed by atoms with Crippen LogP contribution >= 0.6 is 23.8 Å². The van der Waals surface area contributed by atoms with Gasteiger partial charge in [-0.3, -0.25) is 19.8 Å². The average molecular weight is 419 g/mol. The molecule has 4 atom stereocenters. The highest BCUT2D eigenvalue weighted by molar-refractivity contribution is 7.80. The first kappa shape index (κ1) is 21.4. The zero-order valence-corrected chi connectivity index (χ0v) is 15.3. The van der Waals surface area contributed by atoms with Gasteiger partial charge in [0.2, 0.25) is 0 Å². The minimum atomic E-state index is -1.96. The molecule has 11 heteroatoms. The second kappa shape index (κ2) is 8.85. The Morgan fingerprint density at radius 3 is 2.30 bits per heavy atom. The summed E-state index contributed by atoms with van der Waals surface area (Å²) in [4.78, 5) is 25.8. The van der Waals surface area contributed by atoms with Crippen molar-refractivity contribution in [2.45, 2.75) is 24.4 Å². The molecule has 1 aliphatic rings. The summed E-state index contributed by atoms with van der Waals surface area (Å²) >= 11 is 10.8. The Hall–Kier alpha value is -1.92. The number of halogens is 1. The zero-order valence-electron chi connectivity index (χ0n) is 13.7. The molecular weight excluding hydrogens is 400 g/mol. The molecule has 0 bridgehead atoms. The van der Waals surface area contributed by atoms with Crippen LogP contribution in [0.2, 0.25) is 5.02 Å². The number of thiocarbonyl (C=S) groups is 1. The Labute approximate surface area is 165 Å². The number of anilines is 1. The van der Waals surface area contributed by atoms with Gasteiger partial charge in [0.25, 0.3) is 11.8 Å². The van der Waals surface area contributed by atoms with Gasteiger partial charge in [0.1, 0.15) is 30.0 Å². The summed E-state index contributed by atoms with van der Waals surface area (Å²) in [5, 5.41) is 50.1. The highest BCUT2D eigenvalue weighted by Crippen LogP contribution is 2.23. The van der Waals surface area contributed by atoms with Gasteiger partial charge in [0, 0.05) is 6.45 Å². The lowest BCUT2D eigenvalue weighted by Gasteiger charge is -2.30. The fraction of sp³-hybridized carbons (Fsp3) is 0.312. The molecule has 0 aromatic heterocycles. The van der Waals surface area contributed by atoms with E-state index in [1.165, 1.54) is 24.3 Å². The van der Waals surface area contributed by atoms with Crippen molar-refractivity contribution in [3.63, 3.8) is 0 Å². The molecule has 0 aliphatic carbocycles. The SMILES string of the molecule is O=C1NC(=S)N(c2ccc(Cl)cc2)C(=O)/C1=C\[C@H](O)[C@@H](O)[C@H](O)C(O)CO.[HH]. The number of rotatable bonds is 6. The zero-order chi connectivity index (χ0) is 20.3. The Morgan fingerprint density at radius 1 is 1.15 bits per heavy atom. The maximum atomic E-state index is 12.7. The molecule has 1 fully saturated rings. The Bertz CT molecular complexity index is 777. The van der Waals surface area contributed by atoms with E-state index in [1.54, 1.807) is 0 Å². The molecule has 1 saturated heterocycles. The molecule has 1 aliphatic heterocycles. The minimum absolute atomic E-state index is 0. The highest BCUT2D eigenvalue weighted by Gasteiger charge is 2.37. The molecule has 1 aromatic rings. The van der Waals surface area contributed by atoms with E-state index < -0.39 is 48.4 Å². The summed E-state index contributed by atoms with van der Waals surface area (Å²) in [5.74, 6) is -1.77. The molecule has 2 amide bonds. The number of hydrogen-bond donors (Lipinski definition) is 6. The molecule has 27 heavy (non-hydrogen) atoms. The molecule has 6 N–H and O–H groups in total. The topological polar surface area (TPSA) is 151 Å². The van der Waals surface area contributed by atoms with Crippen LogP contribution in [0.25, 0.3) is 0 Å². The summed E-state index contributed by atoms with van der Waals surface area (Å²) in [6.07, 6.45) is -6.73. The van der Waals surface area contributed by atoms with E-state index in [2.05, 4.69) is 5.32 Å². The predicted molar refractivity (Wildman–Crippen MR) is 101 cm³/mol. The maximum absolute atomic E-state index is 12.7. The normalized spacial score (nSPS) is 21.0. The van der Waals surface area contributed by atoms with Gasteiger partial charge in [-0.15, -0.1) is 0 Å². The molecule has 1 unspecified atom stereocenters. The standard InChI is InChI=1S/C16H17ClN2O7S.H2/c17-7-1-3-8(4-2-7)19-15(26)9(14(25)18-16(19)27)5-10(21)12(23)13(24)11(22)6-20;/h1-5,10-13,20-24H,6H2,(H,18,25,27);1H/b9-5-;/t10-,11?,12+,13+;/m0./s1. The molecular formula is C16H19ClN2O7S. The number of benzene rings is 1. The Kier molecular flexibility index (Phi) is 7.00. The summed E-state index contributed by atoms with van der Waals surface area (Å²) in [7, 11) is 0. The van der Waals surface area contributed by atoms with Crippen molar-refractivity contribution < 1.29 is 36.5 Å². The number of carbonyl (C=O) groups is 2. The number of amides is 2. The van der Waals surface area contributed by atoms with Crippen molar-refractivity contribution in [3.8, 4) is 0 Å². The number of nitrogens with zero attached hydrogens (tertiary/aromatic N) is 1. The molecule has 0 saturated carbocycles. The largest absolute Gasteiger partial charge is 0.394 e. The van der Waals surface area contributed by atoms with Crippen LogP contribution in [0.15, 0.2) is 35.9 Å². The molecule has 9 nitrogen and oxygen atoms in total. The van der Waals surface area contributed by atoms with Gasteiger partial charge < -0.3 is 25.5 Å². The smallest absolute Gasteiger partial charge is 0.269 e. The van der Waals surface area contributed by atoms with E-state index in [4.69, 9.17) is 28.9 Å². The fourth-order valence-corrected chi connectivity index (χ4v) is 2.72. The van der Waals surface area contributed by atoms with Crippen LogP contribution in [-0.2, 0) is 9.59 Å². The van der Waals surface area contributed by atoms with Crippen LogP contribution in [0.3, 0.4) is 0 Å². The summed E-state index contributed by atoms with van der Waals surface area (Å²) < 4.78 is 0. The molecule has 0 spiro atoms. The van der Waals surface area contributed by atoms with Crippen LogP contribution < -0.4 is 10.2 Å². The molecule has 2 rings (SSSR count). The van der Waals surface area contributed by atoms with Gasteiger partial charge in [0.05, 0.1) is 12.3 Å². The van der Waals surface area contributed by atoms with Gasteiger partial charge in [-0.05, 0) is 42.6 Å². The number of carbonyl (C=O) groups excluding carboxylic acids is 2. The number of aliphatic hydroxyl groups excluding tert-OH is 5. The number of aliphatic hydroxyl groups is 5. The lowest BCUT2D eigenvalue weighted by Crippen LogP contribution is -2.55. The van der Waals surface area contributed by atoms with Gasteiger partial charge >= 0.3 is 0 Å². The van der Waals surface area contributed by atoms with E-state index in [9.17, 15) is 30.0 Å². The van der Waals surface area contributed by atoms with Crippen molar-refractivity contribution in [1.29, 1.82) is 0 Å². The third-order valence-corrected chi connectivity index (χ3v) is 4.34. The monoisotopic (exact) mass is 418 g/mol. The first-order valence-electron chi connectivity index (χ1n) is 7.67. The lowest BCUT2D eigenvalue weighted by molar-refractivity contribution is -0.122. The molecule has 148 valence electrons. The molecule has 0 radical (unpaired) electrons. The van der Waals surface area contributed by atoms with Crippen LogP contribution in [-0.4, -0.2) is 73.5 Å². The molecule has 1 heterocycles. The van der Waals surface area contributed by atoms with Gasteiger partial charge in [-0.1, -0.05) is 11.6 Å². The van der Waals surface area contributed by atoms with E-state index in [-0.39, 0.29) is 6.54 Å². The van der Waals surface area contributed by atoms with Crippen LogP contribution in [0.5, 0.6) is 0 Å². The molecule has 1 aromatic carbocycles. The fourth-order valence-electron chi connectivity index (χ4n) is 2.31. The first-order valence-corrected chi connectivity index (χ1v) is 8.46. The van der Waals surface area contributed by atoms with E-state index in [0.29, 0.717) is 10.7 Å². The Morgan fingerprint density at radius 2 is 1.74 bits per heavy atom. The van der Waals surface area contributed by atoms with Crippen LogP contribution in [0, 0.1) is 0 Å². The lowest BCUT2D eigenvalue weighted by atomic mass is 10.00. The van der Waals surface area contributed by atoms with E-state index in [1.807, 2.05) is 0 Å². The summed E-state index contributed by atoms with van der Waals surface area (Å²) in [6, 6.07) is 6.01.